The van der Waals surface area contributed by atoms with Gasteiger partial charge in [0.15, 0.2) is 17.5 Å². The van der Waals surface area contributed by atoms with Crippen LogP contribution in [0.15, 0.2) is 23.2 Å². The third kappa shape index (κ3) is 6.72. The van der Waals surface area contributed by atoms with Crippen LogP contribution in [0.2, 0.25) is 0 Å². The molecule has 1 saturated heterocycles. The molecule has 8 heteroatoms. The fourth-order valence-electron chi connectivity index (χ4n) is 2.99. The van der Waals surface area contributed by atoms with Crippen LogP contribution < -0.4 is 25.4 Å². The van der Waals surface area contributed by atoms with Crippen LogP contribution in [-0.4, -0.2) is 51.8 Å². The number of hydrogen-bond donors (Lipinski definition) is 3. The van der Waals surface area contributed by atoms with Crippen molar-refractivity contribution in [1.29, 1.82) is 0 Å². The molecule has 0 aliphatic carbocycles. The summed E-state index contributed by atoms with van der Waals surface area (Å²) in [7, 11) is 3.28. The van der Waals surface area contributed by atoms with Gasteiger partial charge in [0.05, 0.1) is 20.8 Å². The van der Waals surface area contributed by atoms with Crippen molar-refractivity contribution in [3.63, 3.8) is 0 Å². The smallest absolute Gasteiger partial charge is 0.220 e. The van der Waals surface area contributed by atoms with Gasteiger partial charge < -0.3 is 25.4 Å². The number of halogens is 1. The van der Waals surface area contributed by atoms with E-state index in [0.717, 1.165) is 36.0 Å². The van der Waals surface area contributed by atoms with E-state index in [4.69, 9.17) is 14.5 Å². The first-order chi connectivity index (χ1) is 12.9. The molecular formula is C20H33IN4O3. The van der Waals surface area contributed by atoms with Crippen LogP contribution in [0.5, 0.6) is 11.5 Å². The average Bonchev–Trinajstić information content (AvgIpc) is 2.67. The Labute approximate surface area is 185 Å². The standard InChI is InChI=1S/C20H32N4O3.HI/c1-6-21-19(24-15-8-10-18(25)22-12-15)23-13-20(2,3)14-7-9-16(26-4)17(11-14)27-5;/h7,9,11,15H,6,8,10,12-13H2,1-5H3,(H,22,25)(H2,21,23,24);1H. The van der Waals surface area contributed by atoms with Gasteiger partial charge in [0.25, 0.3) is 0 Å². The molecule has 3 N–H and O–H groups in total. The first kappa shape index (κ1) is 24.3. The van der Waals surface area contributed by atoms with Crippen LogP contribution in [0.3, 0.4) is 0 Å². The minimum Gasteiger partial charge on any atom is -0.493 e. The maximum atomic E-state index is 11.3. The van der Waals surface area contributed by atoms with Gasteiger partial charge in [-0.15, -0.1) is 24.0 Å². The van der Waals surface area contributed by atoms with Gasteiger partial charge in [-0.2, -0.15) is 0 Å². The van der Waals surface area contributed by atoms with E-state index in [1.807, 2.05) is 25.1 Å². The van der Waals surface area contributed by atoms with Gasteiger partial charge in [0.1, 0.15) is 0 Å². The Hall–Kier alpha value is -1.71. The highest BCUT2D eigenvalue weighted by atomic mass is 127. The molecule has 1 aromatic carbocycles. The topological polar surface area (TPSA) is 84.0 Å². The van der Waals surface area contributed by atoms with Gasteiger partial charge >= 0.3 is 0 Å². The Morgan fingerprint density at radius 3 is 2.57 bits per heavy atom. The van der Waals surface area contributed by atoms with E-state index in [0.29, 0.717) is 19.5 Å². The summed E-state index contributed by atoms with van der Waals surface area (Å²) in [5, 5.41) is 9.60. The monoisotopic (exact) mass is 504 g/mol. The summed E-state index contributed by atoms with van der Waals surface area (Å²) in [4.78, 5) is 16.1. The molecular weight excluding hydrogens is 471 g/mol. The average molecular weight is 504 g/mol. The second kappa shape index (κ2) is 11.3. The largest absolute Gasteiger partial charge is 0.493 e. The third-order valence-corrected chi connectivity index (χ3v) is 4.75. The van der Waals surface area contributed by atoms with Gasteiger partial charge in [0, 0.05) is 31.0 Å². The molecule has 7 nitrogen and oxygen atoms in total. The van der Waals surface area contributed by atoms with Crippen molar-refractivity contribution in [2.24, 2.45) is 4.99 Å². The van der Waals surface area contributed by atoms with Crippen LogP contribution >= 0.6 is 24.0 Å². The van der Waals surface area contributed by atoms with Gasteiger partial charge in [-0.3, -0.25) is 9.79 Å². The minimum absolute atomic E-state index is 0. The molecule has 1 aliphatic rings. The molecule has 0 spiro atoms. The lowest BCUT2D eigenvalue weighted by atomic mass is 9.84. The summed E-state index contributed by atoms with van der Waals surface area (Å²) in [6.07, 6.45) is 1.36. The highest BCUT2D eigenvalue weighted by Crippen LogP contribution is 2.33. The molecule has 1 amide bonds. The Balaban J connectivity index is 0.00000392. The van der Waals surface area contributed by atoms with Gasteiger partial charge in [-0.25, -0.2) is 0 Å². The van der Waals surface area contributed by atoms with Gasteiger partial charge in [-0.1, -0.05) is 19.9 Å². The molecule has 0 saturated carbocycles. The molecule has 2 rings (SSSR count). The highest BCUT2D eigenvalue weighted by Gasteiger charge is 2.23. The summed E-state index contributed by atoms with van der Waals surface area (Å²) < 4.78 is 10.7. The van der Waals surface area contributed by atoms with E-state index in [2.05, 4.69) is 29.8 Å². The van der Waals surface area contributed by atoms with E-state index < -0.39 is 0 Å². The van der Waals surface area contributed by atoms with E-state index in [-0.39, 0.29) is 41.3 Å². The maximum absolute atomic E-state index is 11.3. The van der Waals surface area contributed by atoms with Crippen LogP contribution in [0.25, 0.3) is 0 Å². The molecule has 28 heavy (non-hydrogen) atoms. The third-order valence-electron chi connectivity index (χ3n) is 4.75. The summed E-state index contributed by atoms with van der Waals surface area (Å²) in [6, 6.07) is 6.18. The first-order valence-electron chi connectivity index (χ1n) is 9.43. The van der Waals surface area contributed by atoms with Crippen LogP contribution in [0, 0.1) is 0 Å². The van der Waals surface area contributed by atoms with Crippen molar-refractivity contribution in [3.8, 4) is 11.5 Å². The molecule has 0 radical (unpaired) electrons. The predicted molar refractivity (Wildman–Crippen MR) is 123 cm³/mol. The van der Waals surface area contributed by atoms with Crippen LogP contribution in [0.4, 0.5) is 0 Å². The number of benzene rings is 1. The molecule has 1 unspecified atom stereocenters. The maximum Gasteiger partial charge on any atom is 0.220 e. The number of rotatable bonds is 7. The second-order valence-corrected chi connectivity index (χ2v) is 7.33. The summed E-state index contributed by atoms with van der Waals surface area (Å²) >= 11 is 0. The van der Waals surface area contributed by atoms with Gasteiger partial charge in [0.2, 0.25) is 5.91 Å². The second-order valence-electron chi connectivity index (χ2n) is 7.33. The summed E-state index contributed by atoms with van der Waals surface area (Å²) in [5.41, 5.74) is 0.951. The number of guanidine groups is 1. The number of piperidine rings is 1. The quantitative estimate of drug-likeness (QED) is 0.302. The number of amides is 1. The summed E-state index contributed by atoms with van der Waals surface area (Å²) in [5.74, 6) is 2.32. The number of carbonyl (C=O) groups is 1. The number of nitrogens with zero attached hydrogens (tertiary/aromatic N) is 1. The van der Waals surface area contributed by atoms with Crippen molar-refractivity contribution in [3.05, 3.63) is 23.8 Å². The fourth-order valence-corrected chi connectivity index (χ4v) is 2.99. The predicted octanol–water partition coefficient (Wildman–Crippen LogP) is 2.43. The Morgan fingerprint density at radius 2 is 2.00 bits per heavy atom. The Kier molecular flexibility index (Phi) is 9.84. The molecule has 158 valence electrons. The van der Waals surface area contributed by atoms with E-state index in [1.165, 1.54) is 0 Å². The van der Waals surface area contributed by atoms with Crippen LogP contribution in [-0.2, 0) is 10.2 Å². The van der Waals surface area contributed by atoms with Crippen molar-refractivity contribution in [1.82, 2.24) is 16.0 Å². The number of carbonyl (C=O) groups excluding carboxylic acids is 1. The molecule has 1 fully saturated rings. The zero-order valence-corrected chi connectivity index (χ0v) is 19.8. The SMILES string of the molecule is CCNC(=NCC(C)(C)c1ccc(OC)c(OC)c1)NC1CCC(=O)NC1.I. The molecule has 1 aliphatic heterocycles. The number of nitrogens with one attached hydrogen (secondary N) is 3. The number of hydrogen-bond acceptors (Lipinski definition) is 4. The summed E-state index contributed by atoms with van der Waals surface area (Å²) in [6.45, 7) is 8.37. The van der Waals surface area contributed by atoms with E-state index >= 15 is 0 Å². The first-order valence-corrected chi connectivity index (χ1v) is 9.43. The molecule has 0 bridgehead atoms. The van der Waals surface area contributed by atoms with Crippen molar-refractivity contribution >= 4 is 35.8 Å². The minimum atomic E-state index is -0.178. The Morgan fingerprint density at radius 1 is 1.29 bits per heavy atom. The molecule has 1 aromatic rings. The lowest BCUT2D eigenvalue weighted by Crippen LogP contribution is -2.51. The lowest BCUT2D eigenvalue weighted by molar-refractivity contribution is -0.122. The normalized spacial score (nSPS) is 17.2. The van der Waals surface area contributed by atoms with Crippen molar-refractivity contribution in [2.45, 2.75) is 45.1 Å². The number of ether oxygens (including phenoxy) is 2. The number of methoxy groups -OCH3 is 2. The molecule has 1 atom stereocenters. The van der Waals surface area contributed by atoms with Crippen molar-refractivity contribution < 1.29 is 14.3 Å². The lowest BCUT2D eigenvalue weighted by Gasteiger charge is -2.27. The zero-order valence-electron chi connectivity index (χ0n) is 17.4. The van der Waals surface area contributed by atoms with E-state index in [9.17, 15) is 4.79 Å². The van der Waals surface area contributed by atoms with Gasteiger partial charge in [-0.05, 0) is 31.0 Å². The molecule has 1 heterocycles. The molecule has 0 aromatic heterocycles. The zero-order chi connectivity index (χ0) is 19.9. The van der Waals surface area contributed by atoms with Crippen molar-refractivity contribution in [2.75, 3.05) is 33.9 Å². The number of aliphatic imine (C=N–C) groups is 1. The Bertz CT molecular complexity index is 669. The van der Waals surface area contributed by atoms with Crippen LogP contribution in [0.1, 0.15) is 39.2 Å². The highest BCUT2D eigenvalue weighted by molar-refractivity contribution is 14.0. The van der Waals surface area contributed by atoms with E-state index in [1.54, 1.807) is 14.2 Å². The fraction of sp³-hybridized carbons (Fsp3) is 0.600.